The first kappa shape index (κ1) is 19.4. The van der Waals surface area contributed by atoms with Gasteiger partial charge in [0.1, 0.15) is 6.54 Å². The molecule has 0 saturated carbocycles. The lowest BCUT2D eigenvalue weighted by Crippen LogP contribution is -2.32. The monoisotopic (exact) mass is 396 g/mol. The number of amides is 2. The summed E-state index contributed by atoms with van der Waals surface area (Å²) in [5.41, 5.74) is 0.974. The fraction of sp³-hybridized carbons (Fsp3) is 0.0952. The normalized spacial score (nSPS) is 10.3. The molecule has 0 heterocycles. The molecular formula is C21H17ClN2O4. The molecule has 0 bridgehead atoms. The molecule has 3 aromatic rings. The summed E-state index contributed by atoms with van der Waals surface area (Å²) in [6.45, 7) is -0.785. The van der Waals surface area contributed by atoms with Crippen LogP contribution in [-0.2, 0) is 14.3 Å². The SMILES string of the molecule is O=C(COC(=O)CNC(=O)c1ccc(Cl)cc1)Nc1ccc2ccccc2c1. The minimum absolute atomic E-state index is 0.343. The van der Waals surface area contributed by atoms with Gasteiger partial charge in [-0.05, 0) is 47.2 Å². The molecule has 3 rings (SSSR count). The first-order chi connectivity index (χ1) is 13.5. The molecule has 0 aliphatic heterocycles. The van der Waals surface area contributed by atoms with Gasteiger partial charge in [0, 0.05) is 16.3 Å². The van der Waals surface area contributed by atoms with Gasteiger partial charge in [-0.3, -0.25) is 14.4 Å². The van der Waals surface area contributed by atoms with Crippen molar-refractivity contribution in [2.45, 2.75) is 0 Å². The number of ether oxygens (including phenoxy) is 1. The van der Waals surface area contributed by atoms with E-state index >= 15 is 0 Å². The van der Waals surface area contributed by atoms with Crippen molar-refractivity contribution >= 4 is 45.8 Å². The molecule has 2 amide bonds. The van der Waals surface area contributed by atoms with Crippen molar-refractivity contribution in [3.05, 3.63) is 77.3 Å². The molecule has 28 heavy (non-hydrogen) atoms. The topological polar surface area (TPSA) is 84.5 Å². The van der Waals surface area contributed by atoms with Gasteiger partial charge < -0.3 is 15.4 Å². The van der Waals surface area contributed by atoms with E-state index in [9.17, 15) is 14.4 Å². The minimum atomic E-state index is -0.712. The number of carbonyl (C=O) groups excluding carboxylic acids is 3. The quantitative estimate of drug-likeness (QED) is 0.625. The molecule has 0 aliphatic carbocycles. The van der Waals surface area contributed by atoms with Crippen LogP contribution in [0.3, 0.4) is 0 Å². The molecule has 3 aromatic carbocycles. The third-order valence-electron chi connectivity index (χ3n) is 3.90. The molecule has 2 N–H and O–H groups in total. The molecule has 0 atom stereocenters. The summed E-state index contributed by atoms with van der Waals surface area (Å²) in [6.07, 6.45) is 0. The Morgan fingerprint density at radius 2 is 1.61 bits per heavy atom. The molecule has 142 valence electrons. The standard InChI is InChI=1S/C21H17ClN2O4/c22-17-8-5-15(6-9-17)21(27)23-12-20(26)28-13-19(25)24-18-10-7-14-3-1-2-4-16(14)11-18/h1-11H,12-13H2,(H,23,27)(H,24,25). The molecule has 7 heteroatoms. The van der Waals surface area contributed by atoms with E-state index in [4.69, 9.17) is 16.3 Å². The number of rotatable bonds is 6. The van der Waals surface area contributed by atoms with Gasteiger partial charge >= 0.3 is 5.97 Å². The Kier molecular flexibility index (Phi) is 6.24. The van der Waals surface area contributed by atoms with E-state index in [1.54, 1.807) is 30.3 Å². The van der Waals surface area contributed by atoms with Crippen LogP contribution in [0.4, 0.5) is 5.69 Å². The molecule has 0 saturated heterocycles. The first-order valence-electron chi connectivity index (χ1n) is 8.49. The van der Waals surface area contributed by atoms with E-state index in [0.717, 1.165) is 10.8 Å². The van der Waals surface area contributed by atoms with E-state index in [2.05, 4.69) is 10.6 Å². The van der Waals surface area contributed by atoms with Gasteiger partial charge in [-0.15, -0.1) is 0 Å². The molecular weight excluding hydrogens is 380 g/mol. The zero-order valence-electron chi connectivity index (χ0n) is 14.8. The number of carbonyl (C=O) groups is 3. The second-order valence-corrected chi connectivity index (χ2v) is 6.40. The van der Waals surface area contributed by atoms with Crippen molar-refractivity contribution in [2.75, 3.05) is 18.5 Å². The Balaban J connectivity index is 1.43. The van der Waals surface area contributed by atoms with Crippen LogP contribution in [0.5, 0.6) is 0 Å². The van der Waals surface area contributed by atoms with Crippen LogP contribution in [0.25, 0.3) is 10.8 Å². The zero-order chi connectivity index (χ0) is 19.9. The Hall–Kier alpha value is -3.38. The van der Waals surface area contributed by atoms with E-state index in [-0.39, 0.29) is 6.54 Å². The van der Waals surface area contributed by atoms with Crippen molar-refractivity contribution in [1.29, 1.82) is 0 Å². The van der Waals surface area contributed by atoms with Gasteiger partial charge in [0.05, 0.1) is 0 Å². The number of hydrogen-bond acceptors (Lipinski definition) is 4. The number of nitrogens with one attached hydrogen (secondary N) is 2. The van der Waals surface area contributed by atoms with E-state index in [1.165, 1.54) is 0 Å². The lowest BCUT2D eigenvalue weighted by molar-refractivity contribution is -0.146. The zero-order valence-corrected chi connectivity index (χ0v) is 15.5. The van der Waals surface area contributed by atoms with Gasteiger partial charge in [0.15, 0.2) is 6.61 Å². The Morgan fingerprint density at radius 1 is 0.893 bits per heavy atom. The van der Waals surface area contributed by atoms with Crippen molar-refractivity contribution in [3.8, 4) is 0 Å². The lowest BCUT2D eigenvalue weighted by atomic mass is 10.1. The highest BCUT2D eigenvalue weighted by Crippen LogP contribution is 2.18. The van der Waals surface area contributed by atoms with Gasteiger partial charge in [-0.2, -0.15) is 0 Å². The highest BCUT2D eigenvalue weighted by Gasteiger charge is 2.11. The van der Waals surface area contributed by atoms with Crippen molar-refractivity contribution in [3.63, 3.8) is 0 Å². The summed E-state index contributed by atoms with van der Waals surface area (Å²) in [6, 6.07) is 19.5. The first-order valence-corrected chi connectivity index (χ1v) is 8.87. The molecule has 0 fully saturated rings. The predicted octanol–water partition coefficient (Wildman–Crippen LogP) is 3.40. The summed E-state index contributed by atoms with van der Waals surface area (Å²) in [7, 11) is 0. The number of esters is 1. The minimum Gasteiger partial charge on any atom is -0.454 e. The van der Waals surface area contributed by atoms with Gasteiger partial charge in [0.25, 0.3) is 11.8 Å². The average molecular weight is 397 g/mol. The Morgan fingerprint density at radius 3 is 2.36 bits per heavy atom. The maximum Gasteiger partial charge on any atom is 0.325 e. The summed E-state index contributed by atoms with van der Waals surface area (Å²) < 4.78 is 4.88. The average Bonchev–Trinajstić information content (AvgIpc) is 2.71. The maximum absolute atomic E-state index is 12.0. The summed E-state index contributed by atoms with van der Waals surface area (Å²) in [5, 5.41) is 7.65. The van der Waals surface area contributed by atoms with Gasteiger partial charge in [-0.1, -0.05) is 41.9 Å². The van der Waals surface area contributed by atoms with E-state index in [1.807, 2.05) is 36.4 Å². The molecule has 0 aliphatic rings. The third-order valence-corrected chi connectivity index (χ3v) is 4.15. The van der Waals surface area contributed by atoms with Crippen LogP contribution in [0.2, 0.25) is 5.02 Å². The predicted molar refractivity (Wildman–Crippen MR) is 107 cm³/mol. The summed E-state index contributed by atoms with van der Waals surface area (Å²) in [4.78, 5) is 35.6. The summed E-state index contributed by atoms with van der Waals surface area (Å²) in [5.74, 6) is -1.61. The van der Waals surface area contributed by atoms with Crippen LogP contribution in [0.15, 0.2) is 66.7 Å². The number of fused-ring (bicyclic) bond motifs is 1. The largest absolute Gasteiger partial charge is 0.454 e. The number of hydrogen-bond donors (Lipinski definition) is 2. The highest BCUT2D eigenvalue weighted by molar-refractivity contribution is 6.30. The van der Waals surface area contributed by atoms with E-state index in [0.29, 0.717) is 16.3 Å². The molecule has 0 unspecified atom stereocenters. The molecule has 0 spiro atoms. The smallest absolute Gasteiger partial charge is 0.325 e. The molecule has 0 radical (unpaired) electrons. The third kappa shape index (κ3) is 5.31. The Labute approximate surface area is 166 Å². The second kappa shape index (κ2) is 9.01. The van der Waals surface area contributed by atoms with Crippen molar-refractivity contribution in [2.24, 2.45) is 0 Å². The van der Waals surface area contributed by atoms with E-state index < -0.39 is 24.4 Å². The van der Waals surface area contributed by atoms with Crippen LogP contribution in [0, 0.1) is 0 Å². The number of anilines is 1. The second-order valence-electron chi connectivity index (χ2n) is 5.96. The Bertz CT molecular complexity index is 1020. The van der Waals surface area contributed by atoms with Gasteiger partial charge in [-0.25, -0.2) is 0 Å². The summed E-state index contributed by atoms with van der Waals surface area (Å²) >= 11 is 5.76. The van der Waals surface area contributed by atoms with Crippen LogP contribution >= 0.6 is 11.6 Å². The van der Waals surface area contributed by atoms with Crippen molar-refractivity contribution < 1.29 is 19.1 Å². The highest BCUT2D eigenvalue weighted by atomic mass is 35.5. The van der Waals surface area contributed by atoms with Gasteiger partial charge in [0.2, 0.25) is 0 Å². The fourth-order valence-electron chi connectivity index (χ4n) is 2.52. The molecule has 0 aromatic heterocycles. The number of benzene rings is 3. The van der Waals surface area contributed by atoms with Crippen LogP contribution < -0.4 is 10.6 Å². The fourth-order valence-corrected chi connectivity index (χ4v) is 2.64. The lowest BCUT2D eigenvalue weighted by Gasteiger charge is -2.08. The van der Waals surface area contributed by atoms with Crippen molar-refractivity contribution in [1.82, 2.24) is 5.32 Å². The maximum atomic E-state index is 12.0. The number of halogens is 1. The molecule has 6 nitrogen and oxygen atoms in total. The van der Waals surface area contributed by atoms with Crippen LogP contribution in [-0.4, -0.2) is 30.9 Å². The van der Waals surface area contributed by atoms with Crippen LogP contribution in [0.1, 0.15) is 10.4 Å².